The Bertz CT molecular complexity index is 1780. The molecule has 0 nitrogen and oxygen atoms in total. The molecular formula is C36H31Cl2Zr. The quantitative estimate of drug-likeness (QED) is 0.323. The van der Waals surface area contributed by atoms with Crippen LogP contribution in [0.4, 0.5) is 0 Å². The van der Waals surface area contributed by atoms with Crippen LogP contribution in [0.5, 0.6) is 0 Å². The second-order valence-electron chi connectivity index (χ2n) is 11.2. The number of fused-ring (bicyclic) bond motifs is 2. The van der Waals surface area contributed by atoms with E-state index in [1.807, 2.05) is 0 Å². The number of benzene rings is 4. The standard InChI is InChI=1S/C36H31.2ClH.Zr/c1-24-21-28(36(2,3)4)23-32(24)35-31(20-19-30-29-18-12-11-17-27(29)22-33(30)35)34(25-13-7-5-8-14-25)26-15-9-6-10-16-26;;;/h5-21H,23H2,1-4H3;2*1H;/q;;;+2/p-2. The fourth-order valence-corrected chi connectivity index (χ4v) is 7.04. The number of allylic oxidation sites excluding steroid dienone is 4. The Kier molecular flexibility index (Phi) is 8.77. The molecule has 3 heteroatoms. The maximum atomic E-state index is 2.45. The normalized spacial score (nSPS) is 13.8. The van der Waals surface area contributed by atoms with Crippen molar-refractivity contribution in [3.63, 3.8) is 0 Å². The van der Waals surface area contributed by atoms with Crippen LogP contribution in [0.3, 0.4) is 0 Å². The van der Waals surface area contributed by atoms with Crippen molar-refractivity contribution in [2.75, 3.05) is 0 Å². The molecule has 4 aromatic rings. The molecule has 2 aliphatic rings. The average Bonchev–Trinajstić information content (AvgIpc) is 3.44. The molecule has 0 amide bonds. The zero-order valence-electron chi connectivity index (χ0n) is 22.8. The first kappa shape index (κ1) is 29.5. The third-order valence-electron chi connectivity index (χ3n) is 7.84. The van der Waals surface area contributed by atoms with Crippen molar-refractivity contribution in [1.29, 1.82) is 0 Å². The van der Waals surface area contributed by atoms with Gasteiger partial charge in [-0.2, -0.15) is 0 Å². The van der Waals surface area contributed by atoms with Crippen LogP contribution in [0.25, 0.3) is 14.4 Å². The van der Waals surface area contributed by atoms with E-state index in [1.54, 1.807) is 0 Å². The van der Waals surface area contributed by atoms with Crippen LogP contribution < -0.4 is 35.3 Å². The van der Waals surface area contributed by atoms with Crippen molar-refractivity contribution in [2.45, 2.75) is 34.1 Å². The SMILES string of the molecule is CC1=C(c2c3c(ccc2=C(c2ccccc2)c2ccccc2)=c2ccccc2=[C]3[Zr+2])CC(C(C)(C)C)=C1.[Cl-].[Cl-]. The molecule has 0 heterocycles. The van der Waals surface area contributed by atoms with E-state index in [0.29, 0.717) is 0 Å². The minimum absolute atomic E-state index is 0. The van der Waals surface area contributed by atoms with E-state index in [-0.39, 0.29) is 30.2 Å². The summed E-state index contributed by atoms with van der Waals surface area (Å²) in [6, 6.07) is 35.6. The summed E-state index contributed by atoms with van der Waals surface area (Å²) in [5.41, 5.74) is 11.3. The van der Waals surface area contributed by atoms with Crippen LogP contribution in [0.2, 0.25) is 0 Å². The Morgan fingerprint density at radius 1 is 0.641 bits per heavy atom. The van der Waals surface area contributed by atoms with Gasteiger partial charge in [-0.05, 0) is 0 Å². The molecule has 0 unspecified atom stereocenters. The van der Waals surface area contributed by atoms with Gasteiger partial charge in [-0.25, -0.2) is 0 Å². The first-order chi connectivity index (χ1) is 17.8. The van der Waals surface area contributed by atoms with Crippen molar-refractivity contribution in [3.05, 3.63) is 157 Å². The molecule has 6 rings (SSSR count). The molecule has 0 aromatic heterocycles. The smallest absolute Gasteiger partial charge is 1.00 e. The summed E-state index contributed by atoms with van der Waals surface area (Å²) in [5.74, 6) is 0. The van der Waals surface area contributed by atoms with Gasteiger partial charge in [0.25, 0.3) is 0 Å². The third kappa shape index (κ3) is 5.22. The Morgan fingerprint density at radius 3 is 1.72 bits per heavy atom. The summed E-state index contributed by atoms with van der Waals surface area (Å²) in [5, 5.41) is 5.49. The summed E-state index contributed by atoms with van der Waals surface area (Å²) in [7, 11) is 0. The fourth-order valence-electron chi connectivity index (χ4n) is 5.86. The van der Waals surface area contributed by atoms with Crippen LogP contribution in [-0.4, -0.2) is 0 Å². The molecule has 0 bridgehead atoms. The van der Waals surface area contributed by atoms with Gasteiger partial charge in [-0.3, -0.25) is 0 Å². The molecule has 0 atom stereocenters. The predicted molar refractivity (Wildman–Crippen MR) is 152 cm³/mol. The maximum absolute atomic E-state index is 2.45. The van der Waals surface area contributed by atoms with Gasteiger partial charge in [-0.1, -0.05) is 0 Å². The Labute approximate surface area is 259 Å². The van der Waals surface area contributed by atoms with E-state index in [0.717, 1.165) is 6.42 Å². The maximum Gasteiger partial charge on any atom is -1.00 e. The molecule has 2 aliphatic carbocycles. The van der Waals surface area contributed by atoms with Gasteiger partial charge in [0.15, 0.2) is 0 Å². The average molecular weight is 626 g/mol. The van der Waals surface area contributed by atoms with Gasteiger partial charge >= 0.3 is 236 Å². The first-order valence-electron chi connectivity index (χ1n) is 13.1. The molecule has 193 valence electrons. The number of hydrogen-bond donors (Lipinski definition) is 0. The Hall–Kier alpha value is -2.44. The zero-order chi connectivity index (χ0) is 25.7. The third-order valence-corrected chi connectivity index (χ3v) is 9.11. The summed E-state index contributed by atoms with van der Waals surface area (Å²) >= 11 is 1.47. The molecular weight excluding hydrogens is 595 g/mol. The minimum atomic E-state index is 0. The van der Waals surface area contributed by atoms with E-state index >= 15 is 0 Å². The van der Waals surface area contributed by atoms with Crippen LogP contribution in [0, 0.1) is 15.9 Å². The van der Waals surface area contributed by atoms with Crippen LogP contribution >= 0.6 is 0 Å². The summed E-state index contributed by atoms with van der Waals surface area (Å²) in [6.45, 7) is 9.34. The van der Waals surface area contributed by atoms with Crippen LogP contribution in [0.15, 0.2) is 114 Å². The number of rotatable bonds is 3. The number of hydrogen-bond acceptors (Lipinski definition) is 0. The van der Waals surface area contributed by atoms with Crippen molar-refractivity contribution in [1.82, 2.24) is 0 Å². The van der Waals surface area contributed by atoms with Gasteiger partial charge < -0.3 is 24.8 Å². The topological polar surface area (TPSA) is 0 Å². The van der Waals surface area contributed by atoms with E-state index in [4.69, 9.17) is 0 Å². The summed E-state index contributed by atoms with van der Waals surface area (Å²) in [4.78, 5) is 0. The van der Waals surface area contributed by atoms with E-state index in [1.165, 1.54) is 93.4 Å². The van der Waals surface area contributed by atoms with E-state index < -0.39 is 0 Å². The van der Waals surface area contributed by atoms with Crippen molar-refractivity contribution < 1.29 is 49.5 Å². The van der Waals surface area contributed by atoms with Crippen molar-refractivity contribution in [2.24, 2.45) is 5.41 Å². The second-order valence-corrected chi connectivity index (χ2v) is 12.4. The summed E-state index contributed by atoms with van der Waals surface area (Å²) < 4.78 is 1.47. The van der Waals surface area contributed by atoms with E-state index in [2.05, 4.69) is 131 Å². The molecule has 0 saturated carbocycles. The molecule has 4 aromatic carbocycles. The molecule has 0 radical (unpaired) electrons. The molecule has 0 spiro atoms. The molecule has 0 saturated heterocycles. The monoisotopic (exact) mass is 623 g/mol. The first-order valence-corrected chi connectivity index (χ1v) is 14.3. The Morgan fingerprint density at radius 2 is 1.18 bits per heavy atom. The minimum Gasteiger partial charge on any atom is -1.00 e. The second kappa shape index (κ2) is 11.6. The van der Waals surface area contributed by atoms with Crippen LogP contribution in [0.1, 0.15) is 56.4 Å². The van der Waals surface area contributed by atoms with E-state index in [9.17, 15) is 0 Å². The Balaban J connectivity index is 0.00000176. The van der Waals surface area contributed by atoms with Gasteiger partial charge in [0.1, 0.15) is 0 Å². The zero-order valence-corrected chi connectivity index (χ0v) is 26.7. The summed E-state index contributed by atoms with van der Waals surface area (Å²) in [6.07, 6.45) is 3.46. The number of halogens is 2. The van der Waals surface area contributed by atoms with Crippen molar-refractivity contribution >= 4 is 14.4 Å². The van der Waals surface area contributed by atoms with Gasteiger partial charge in [0.2, 0.25) is 0 Å². The molecule has 39 heavy (non-hydrogen) atoms. The largest absolute Gasteiger partial charge is 1.00 e. The van der Waals surface area contributed by atoms with Gasteiger partial charge in [0, 0.05) is 0 Å². The molecule has 0 N–H and O–H groups in total. The van der Waals surface area contributed by atoms with Crippen molar-refractivity contribution in [3.8, 4) is 0 Å². The van der Waals surface area contributed by atoms with Gasteiger partial charge in [0.05, 0.1) is 0 Å². The molecule has 0 fully saturated rings. The van der Waals surface area contributed by atoms with Gasteiger partial charge in [-0.15, -0.1) is 0 Å². The van der Waals surface area contributed by atoms with Crippen LogP contribution in [-0.2, 0) is 24.7 Å². The fraction of sp³-hybridized carbons (Fsp3) is 0.167. The molecule has 0 aliphatic heterocycles. The predicted octanol–water partition coefficient (Wildman–Crippen LogP) is 1.40.